The van der Waals surface area contributed by atoms with Crippen molar-refractivity contribution in [3.63, 3.8) is 0 Å². The van der Waals surface area contributed by atoms with Crippen LogP contribution in [0.5, 0.6) is 0 Å². The number of rotatable bonds is 4. The zero-order valence-electron chi connectivity index (χ0n) is 15.5. The second-order valence-electron chi connectivity index (χ2n) is 6.45. The first kappa shape index (κ1) is 19.3. The molecule has 0 unspecified atom stereocenters. The summed E-state index contributed by atoms with van der Waals surface area (Å²) in [5.74, 6) is -2.38. The lowest BCUT2D eigenvalue weighted by molar-refractivity contribution is -0.122. The van der Waals surface area contributed by atoms with Gasteiger partial charge in [-0.2, -0.15) is 0 Å². The predicted octanol–water partition coefficient (Wildman–Crippen LogP) is 3.01. The Morgan fingerprint density at radius 1 is 0.967 bits per heavy atom. The van der Waals surface area contributed by atoms with Crippen molar-refractivity contribution in [1.29, 1.82) is 0 Å². The Kier molecular flexibility index (Phi) is 4.99. The lowest BCUT2D eigenvalue weighted by atomic mass is 10.1. The number of carbonyl (C=O) groups is 3. The number of aromatic carboxylic acids is 1. The monoisotopic (exact) mass is 417 g/mol. The van der Waals surface area contributed by atoms with Crippen molar-refractivity contribution in [3.05, 3.63) is 89.8 Å². The molecule has 1 saturated heterocycles. The summed E-state index contributed by atoms with van der Waals surface area (Å²) in [6.45, 7) is 0. The van der Waals surface area contributed by atoms with Crippen LogP contribution in [0.3, 0.4) is 0 Å². The van der Waals surface area contributed by atoms with Gasteiger partial charge in [-0.3, -0.25) is 19.8 Å². The van der Waals surface area contributed by atoms with Crippen LogP contribution < -0.4 is 10.2 Å². The number of amides is 2. The van der Waals surface area contributed by atoms with E-state index < -0.39 is 17.8 Å². The standard InChI is InChI=1S/C22H15N3O4S/c26-19-18(13-16-10-5-11-24(16)15-7-2-1-3-8-15)20(27)25(22(30)23-19)17-9-4-6-14(12-17)21(28)29/h1-13H,(H,28,29)(H,23,26,30). The van der Waals surface area contributed by atoms with Gasteiger partial charge in [0.05, 0.1) is 11.3 Å². The fourth-order valence-corrected chi connectivity index (χ4v) is 3.43. The van der Waals surface area contributed by atoms with E-state index in [9.17, 15) is 19.5 Å². The first-order chi connectivity index (χ1) is 14.5. The lowest BCUT2D eigenvalue weighted by Crippen LogP contribution is -2.54. The van der Waals surface area contributed by atoms with Crippen molar-refractivity contribution >= 4 is 46.9 Å². The Hall–Kier alpha value is -4.04. The maximum atomic E-state index is 13.2. The average molecular weight is 417 g/mol. The van der Waals surface area contributed by atoms with Gasteiger partial charge in [0.25, 0.3) is 11.8 Å². The van der Waals surface area contributed by atoms with Crippen LogP contribution in [0, 0.1) is 0 Å². The van der Waals surface area contributed by atoms with Crippen LogP contribution in [0.15, 0.2) is 78.5 Å². The summed E-state index contributed by atoms with van der Waals surface area (Å²) in [6, 6.07) is 18.9. The largest absolute Gasteiger partial charge is 0.478 e. The number of nitrogens with one attached hydrogen (secondary N) is 1. The first-order valence-electron chi connectivity index (χ1n) is 8.93. The van der Waals surface area contributed by atoms with E-state index in [1.165, 1.54) is 24.3 Å². The molecule has 2 amide bonds. The number of para-hydroxylation sites is 1. The number of carboxylic acid groups (broad SMARTS) is 1. The van der Waals surface area contributed by atoms with E-state index in [4.69, 9.17) is 12.2 Å². The molecule has 3 aromatic rings. The molecular weight excluding hydrogens is 402 g/mol. The van der Waals surface area contributed by atoms with E-state index in [0.717, 1.165) is 10.6 Å². The third-order valence-corrected chi connectivity index (χ3v) is 4.84. The smallest absolute Gasteiger partial charge is 0.335 e. The van der Waals surface area contributed by atoms with Crippen molar-refractivity contribution in [1.82, 2.24) is 9.88 Å². The fraction of sp³-hybridized carbons (Fsp3) is 0. The first-order valence-corrected chi connectivity index (χ1v) is 9.34. The molecule has 30 heavy (non-hydrogen) atoms. The van der Waals surface area contributed by atoms with Crippen molar-refractivity contribution in [2.45, 2.75) is 0 Å². The molecule has 1 aliphatic rings. The van der Waals surface area contributed by atoms with Crippen molar-refractivity contribution in [2.24, 2.45) is 0 Å². The third-order valence-electron chi connectivity index (χ3n) is 4.56. The van der Waals surface area contributed by atoms with Crippen molar-refractivity contribution in [3.8, 4) is 5.69 Å². The van der Waals surface area contributed by atoms with E-state index in [2.05, 4.69) is 5.32 Å². The van der Waals surface area contributed by atoms with Gasteiger partial charge in [0.15, 0.2) is 5.11 Å². The number of hydrogen-bond acceptors (Lipinski definition) is 4. The van der Waals surface area contributed by atoms with Crippen molar-refractivity contribution in [2.75, 3.05) is 4.90 Å². The van der Waals surface area contributed by atoms with Crippen LogP contribution in [-0.2, 0) is 9.59 Å². The van der Waals surface area contributed by atoms with Gasteiger partial charge in [-0.1, -0.05) is 24.3 Å². The fourth-order valence-electron chi connectivity index (χ4n) is 3.15. The third kappa shape index (κ3) is 3.51. The van der Waals surface area contributed by atoms with Crippen LogP contribution in [0.1, 0.15) is 16.1 Å². The highest BCUT2D eigenvalue weighted by Gasteiger charge is 2.35. The van der Waals surface area contributed by atoms with Crippen LogP contribution in [0.25, 0.3) is 11.8 Å². The predicted molar refractivity (Wildman–Crippen MR) is 115 cm³/mol. The minimum Gasteiger partial charge on any atom is -0.478 e. The number of nitrogens with zero attached hydrogens (tertiary/aromatic N) is 2. The summed E-state index contributed by atoms with van der Waals surface area (Å²) in [4.78, 5) is 38.1. The number of carboxylic acids is 1. The molecule has 4 rings (SSSR count). The number of anilines is 1. The van der Waals surface area contributed by atoms with E-state index in [0.29, 0.717) is 5.69 Å². The molecule has 1 aromatic heterocycles. The lowest BCUT2D eigenvalue weighted by Gasteiger charge is -2.29. The number of hydrogen-bond donors (Lipinski definition) is 2. The van der Waals surface area contributed by atoms with E-state index >= 15 is 0 Å². The maximum Gasteiger partial charge on any atom is 0.335 e. The molecule has 2 aromatic carbocycles. The Bertz CT molecular complexity index is 1210. The molecule has 7 nitrogen and oxygen atoms in total. The summed E-state index contributed by atoms with van der Waals surface area (Å²) >= 11 is 5.17. The molecule has 0 radical (unpaired) electrons. The minimum absolute atomic E-state index is 0.00323. The van der Waals surface area contributed by atoms with Crippen molar-refractivity contribution < 1.29 is 19.5 Å². The molecule has 2 heterocycles. The zero-order valence-corrected chi connectivity index (χ0v) is 16.3. The van der Waals surface area contributed by atoms with Crippen LogP contribution >= 0.6 is 12.2 Å². The number of carbonyl (C=O) groups excluding carboxylic acids is 2. The molecule has 0 spiro atoms. The Morgan fingerprint density at radius 2 is 1.70 bits per heavy atom. The number of benzene rings is 2. The molecule has 1 aliphatic heterocycles. The van der Waals surface area contributed by atoms with Gasteiger partial charge < -0.3 is 9.67 Å². The summed E-state index contributed by atoms with van der Waals surface area (Å²) in [7, 11) is 0. The van der Waals surface area contributed by atoms with Gasteiger partial charge in [0.1, 0.15) is 5.57 Å². The SMILES string of the molecule is O=C1NC(=S)N(c2cccc(C(=O)O)c2)C(=O)C1=Cc1cccn1-c1ccccc1. The Balaban J connectivity index is 1.75. The van der Waals surface area contributed by atoms with E-state index in [1.807, 2.05) is 47.2 Å². The highest BCUT2D eigenvalue weighted by Crippen LogP contribution is 2.24. The molecule has 148 valence electrons. The molecule has 1 fully saturated rings. The molecule has 0 bridgehead atoms. The number of aromatic nitrogens is 1. The normalized spacial score (nSPS) is 15.4. The Labute approximate surface area is 176 Å². The number of thiocarbonyl (C=S) groups is 1. The summed E-state index contributed by atoms with van der Waals surface area (Å²) < 4.78 is 1.84. The molecule has 0 saturated carbocycles. The van der Waals surface area contributed by atoms with E-state index in [-0.39, 0.29) is 21.9 Å². The van der Waals surface area contributed by atoms with E-state index in [1.54, 1.807) is 12.1 Å². The average Bonchev–Trinajstić information content (AvgIpc) is 3.20. The molecule has 8 heteroatoms. The van der Waals surface area contributed by atoms with Gasteiger partial charge in [-0.15, -0.1) is 0 Å². The van der Waals surface area contributed by atoms with Gasteiger partial charge in [-0.25, -0.2) is 4.79 Å². The second kappa shape index (κ2) is 7.76. The summed E-state index contributed by atoms with van der Waals surface area (Å²) in [6.07, 6.45) is 3.31. The summed E-state index contributed by atoms with van der Waals surface area (Å²) in [5.41, 5.74) is 1.66. The molecule has 0 atom stereocenters. The topological polar surface area (TPSA) is 91.6 Å². The minimum atomic E-state index is -1.13. The molecule has 0 aliphatic carbocycles. The molecular formula is C22H15N3O4S. The van der Waals surface area contributed by atoms with Gasteiger partial charge >= 0.3 is 5.97 Å². The van der Waals surface area contributed by atoms with Crippen LogP contribution in [-0.4, -0.2) is 32.6 Å². The van der Waals surface area contributed by atoms with Gasteiger partial charge in [-0.05, 0) is 60.8 Å². The van der Waals surface area contributed by atoms with Gasteiger partial charge in [0.2, 0.25) is 0 Å². The molecule has 2 N–H and O–H groups in total. The highest BCUT2D eigenvalue weighted by atomic mass is 32.1. The quantitative estimate of drug-likeness (QED) is 0.387. The van der Waals surface area contributed by atoms with Crippen LogP contribution in [0.2, 0.25) is 0 Å². The maximum absolute atomic E-state index is 13.2. The Morgan fingerprint density at radius 3 is 2.43 bits per heavy atom. The summed E-state index contributed by atoms with van der Waals surface area (Å²) in [5, 5.41) is 11.6. The van der Waals surface area contributed by atoms with Crippen LogP contribution in [0.4, 0.5) is 5.69 Å². The van der Waals surface area contributed by atoms with Gasteiger partial charge in [0, 0.05) is 17.6 Å². The second-order valence-corrected chi connectivity index (χ2v) is 6.84. The zero-order chi connectivity index (χ0) is 21.3. The highest BCUT2D eigenvalue weighted by molar-refractivity contribution is 7.80.